The Morgan fingerprint density at radius 3 is 2.73 bits per heavy atom. The summed E-state index contributed by atoms with van der Waals surface area (Å²) in [6.45, 7) is 0. The Balaban J connectivity index is 2.71. The number of nitrogens with zero attached hydrogens (tertiary/aromatic N) is 1. The average Bonchev–Trinajstić information content (AvgIpc) is 2.31. The number of hydrogen-bond acceptors (Lipinski definition) is 3. The van der Waals surface area contributed by atoms with Crippen LogP contribution in [0.1, 0.15) is 6.42 Å². The molecule has 0 fully saturated rings. The first kappa shape index (κ1) is 7.78. The lowest BCUT2D eigenvalue weighted by Gasteiger charge is -2.00. The predicted molar refractivity (Wildman–Crippen MR) is 37.5 cm³/mol. The van der Waals surface area contributed by atoms with Crippen LogP contribution in [0.2, 0.25) is 0 Å². The second-order valence-corrected chi connectivity index (χ2v) is 2.33. The maximum Gasteiger partial charge on any atom is 0.335 e. The number of hydrogen-bond donors (Lipinski definition) is 0. The van der Waals surface area contributed by atoms with Crippen LogP contribution in [0.25, 0.3) is 0 Å². The van der Waals surface area contributed by atoms with Gasteiger partial charge in [0, 0.05) is 13.2 Å². The van der Waals surface area contributed by atoms with Gasteiger partial charge in [0.15, 0.2) is 0 Å². The van der Waals surface area contributed by atoms with E-state index in [4.69, 9.17) is 0 Å². The molecule has 1 aliphatic heterocycles. The van der Waals surface area contributed by atoms with Crippen molar-refractivity contribution in [3.05, 3.63) is 11.8 Å². The van der Waals surface area contributed by atoms with E-state index in [-0.39, 0.29) is 12.3 Å². The van der Waals surface area contributed by atoms with Gasteiger partial charge in [-0.05, 0) is 0 Å². The Hall–Kier alpha value is -1.32. The molecule has 0 aliphatic carbocycles. The number of ether oxygens (including phenoxy) is 1. The van der Waals surface area contributed by atoms with E-state index in [0.29, 0.717) is 5.57 Å². The van der Waals surface area contributed by atoms with Crippen molar-refractivity contribution in [3.63, 3.8) is 0 Å². The zero-order chi connectivity index (χ0) is 8.43. The summed E-state index contributed by atoms with van der Waals surface area (Å²) in [4.78, 5) is 23.1. The third-order valence-electron chi connectivity index (χ3n) is 1.53. The van der Waals surface area contributed by atoms with E-state index in [1.807, 2.05) is 0 Å². The summed E-state index contributed by atoms with van der Waals surface area (Å²) in [6, 6.07) is 0. The highest BCUT2D eigenvalue weighted by Crippen LogP contribution is 2.14. The Morgan fingerprint density at radius 2 is 2.36 bits per heavy atom. The second kappa shape index (κ2) is 2.74. The fraction of sp³-hybridized carbons (Fsp3) is 0.429. The number of methoxy groups -OCH3 is 1. The van der Waals surface area contributed by atoms with Crippen molar-refractivity contribution in [1.29, 1.82) is 0 Å². The molecule has 0 unspecified atom stereocenters. The summed E-state index contributed by atoms with van der Waals surface area (Å²) in [7, 11) is 2.91. The fourth-order valence-corrected chi connectivity index (χ4v) is 0.895. The first-order valence-electron chi connectivity index (χ1n) is 3.20. The molecule has 1 heterocycles. The van der Waals surface area contributed by atoms with Gasteiger partial charge in [-0.3, -0.25) is 4.79 Å². The topological polar surface area (TPSA) is 46.6 Å². The molecule has 0 saturated heterocycles. The number of esters is 1. The molecule has 0 bridgehead atoms. The quantitative estimate of drug-likeness (QED) is 0.497. The smallest absolute Gasteiger partial charge is 0.335 e. The summed E-state index contributed by atoms with van der Waals surface area (Å²) >= 11 is 0. The van der Waals surface area contributed by atoms with Gasteiger partial charge in [0.05, 0.1) is 19.1 Å². The zero-order valence-corrected chi connectivity index (χ0v) is 6.46. The first-order valence-corrected chi connectivity index (χ1v) is 3.20. The lowest BCUT2D eigenvalue weighted by atomic mass is 10.2. The second-order valence-electron chi connectivity index (χ2n) is 2.33. The van der Waals surface area contributed by atoms with Crippen LogP contribution in [0, 0.1) is 0 Å². The molecule has 0 spiro atoms. The van der Waals surface area contributed by atoms with Crippen molar-refractivity contribution in [2.24, 2.45) is 0 Å². The van der Waals surface area contributed by atoms with E-state index in [1.165, 1.54) is 18.2 Å². The molecule has 60 valence electrons. The van der Waals surface area contributed by atoms with Gasteiger partial charge in [0.2, 0.25) is 5.91 Å². The number of carbonyl (C=O) groups is 2. The monoisotopic (exact) mass is 155 g/mol. The van der Waals surface area contributed by atoms with Crippen molar-refractivity contribution in [1.82, 2.24) is 4.90 Å². The van der Waals surface area contributed by atoms with Crippen molar-refractivity contribution >= 4 is 11.9 Å². The van der Waals surface area contributed by atoms with Crippen LogP contribution >= 0.6 is 0 Å². The molecule has 1 rings (SSSR count). The van der Waals surface area contributed by atoms with Gasteiger partial charge in [-0.25, -0.2) is 4.79 Å². The molecular formula is C7H9NO3. The van der Waals surface area contributed by atoms with E-state index < -0.39 is 5.97 Å². The van der Waals surface area contributed by atoms with Gasteiger partial charge in [-0.2, -0.15) is 0 Å². The number of amides is 1. The van der Waals surface area contributed by atoms with Crippen molar-refractivity contribution < 1.29 is 14.3 Å². The Morgan fingerprint density at radius 1 is 1.73 bits per heavy atom. The minimum atomic E-state index is -0.428. The van der Waals surface area contributed by atoms with E-state index >= 15 is 0 Å². The fourth-order valence-electron chi connectivity index (χ4n) is 0.895. The highest BCUT2D eigenvalue weighted by Gasteiger charge is 2.23. The van der Waals surface area contributed by atoms with E-state index in [9.17, 15) is 9.59 Å². The van der Waals surface area contributed by atoms with Crippen molar-refractivity contribution in [2.45, 2.75) is 6.42 Å². The van der Waals surface area contributed by atoms with Gasteiger partial charge >= 0.3 is 5.97 Å². The van der Waals surface area contributed by atoms with E-state index in [0.717, 1.165) is 0 Å². The van der Waals surface area contributed by atoms with E-state index in [1.54, 1.807) is 7.05 Å². The van der Waals surface area contributed by atoms with Crippen LogP contribution in [0.5, 0.6) is 0 Å². The highest BCUT2D eigenvalue weighted by molar-refractivity contribution is 5.98. The standard InChI is InChI=1S/C7H9NO3/c1-8-4-5(3-6(8)9)7(10)11-2/h4H,3H2,1-2H3. The summed E-state index contributed by atoms with van der Waals surface area (Å²) in [6.07, 6.45) is 1.65. The van der Waals surface area contributed by atoms with Crippen LogP contribution in [0.15, 0.2) is 11.8 Å². The Labute approximate surface area is 64.4 Å². The highest BCUT2D eigenvalue weighted by atomic mass is 16.5. The normalized spacial score (nSPS) is 16.7. The molecule has 0 atom stereocenters. The van der Waals surface area contributed by atoms with Gasteiger partial charge in [0.1, 0.15) is 0 Å². The van der Waals surface area contributed by atoms with Gasteiger partial charge in [-0.1, -0.05) is 0 Å². The Bertz CT molecular complexity index is 232. The molecule has 11 heavy (non-hydrogen) atoms. The SMILES string of the molecule is COC(=O)C1=CN(C)C(=O)C1. The summed E-state index contributed by atoms with van der Waals surface area (Å²) in [5.41, 5.74) is 0.417. The first-order chi connectivity index (χ1) is 5.15. The zero-order valence-electron chi connectivity index (χ0n) is 6.46. The van der Waals surface area contributed by atoms with Gasteiger partial charge < -0.3 is 9.64 Å². The number of carbonyl (C=O) groups excluding carboxylic acids is 2. The average molecular weight is 155 g/mol. The van der Waals surface area contributed by atoms with Gasteiger partial charge in [0.25, 0.3) is 0 Å². The molecule has 0 saturated carbocycles. The predicted octanol–water partition coefficient (Wildman–Crippen LogP) is -0.0946. The lowest BCUT2D eigenvalue weighted by molar-refractivity contribution is -0.137. The Kier molecular flexibility index (Phi) is 1.94. The van der Waals surface area contributed by atoms with Crippen LogP contribution in [0.3, 0.4) is 0 Å². The minimum absolute atomic E-state index is 0.0783. The van der Waals surface area contributed by atoms with Crippen LogP contribution in [0.4, 0.5) is 0 Å². The van der Waals surface area contributed by atoms with Crippen LogP contribution in [-0.4, -0.2) is 30.9 Å². The van der Waals surface area contributed by atoms with E-state index in [2.05, 4.69) is 4.74 Å². The van der Waals surface area contributed by atoms with Gasteiger partial charge in [-0.15, -0.1) is 0 Å². The maximum absolute atomic E-state index is 10.9. The summed E-state index contributed by atoms with van der Waals surface area (Å²) in [5, 5.41) is 0. The van der Waals surface area contributed by atoms with Crippen LogP contribution in [-0.2, 0) is 14.3 Å². The summed E-state index contributed by atoms with van der Waals surface area (Å²) in [5.74, 6) is -0.506. The maximum atomic E-state index is 10.9. The molecule has 1 aliphatic rings. The molecule has 4 nitrogen and oxygen atoms in total. The minimum Gasteiger partial charge on any atom is -0.466 e. The van der Waals surface area contributed by atoms with Crippen LogP contribution < -0.4 is 0 Å². The molecule has 1 amide bonds. The molecule has 0 aromatic carbocycles. The number of rotatable bonds is 1. The molecule has 0 aromatic rings. The van der Waals surface area contributed by atoms with Crippen molar-refractivity contribution in [3.8, 4) is 0 Å². The summed E-state index contributed by atoms with van der Waals surface area (Å²) < 4.78 is 4.44. The lowest BCUT2D eigenvalue weighted by Crippen LogP contribution is -2.14. The third-order valence-corrected chi connectivity index (χ3v) is 1.53. The third kappa shape index (κ3) is 1.39. The van der Waals surface area contributed by atoms with Crippen molar-refractivity contribution in [2.75, 3.05) is 14.2 Å². The molecular weight excluding hydrogens is 146 g/mol. The molecule has 4 heteroatoms. The largest absolute Gasteiger partial charge is 0.466 e. The molecule has 0 aromatic heterocycles. The molecule has 0 N–H and O–H groups in total. The molecule has 0 radical (unpaired) electrons.